The Balaban J connectivity index is 3.13. The smallest absolute Gasteiger partial charge is 0.321 e. The first kappa shape index (κ1) is 14.2. The van der Waals surface area contributed by atoms with Gasteiger partial charge in [-0.2, -0.15) is 4.31 Å². The van der Waals surface area contributed by atoms with Crippen LogP contribution >= 0.6 is 0 Å². The zero-order valence-electron chi connectivity index (χ0n) is 9.99. The average Bonchev–Trinajstić information content (AvgIpc) is 2.36. The van der Waals surface area contributed by atoms with Gasteiger partial charge in [-0.15, -0.1) is 6.42 Å². The normalized spacial score (nSPS) is 13.0. The van der Waals surface area contributed by atoms with Gasteiger partial charge >= 0.3 is 5.97 Å². The van der Waals surface area contributed by atoms with Crippen LogP contribution in [0.5, 0.6) is 0 Å². The second kappa shape index (κ2) is 5.21. The van der Waals surface area contributed by atoms with Crippen molar-refractivity contribution in [3.8, 4) is 12.3 Å². The van der Waals surface area contributed by atoms with Crippen LogP contribution in [0.1, 0.15) is 12.5 Å². The second-order valence-electron chi connectivity index (χ2n) is 3.70. The van der Waals surface area contributed by atoms with Crippen LogP contribution in [0.2, 0.25) is 0 Å². The van der Waals surface area contributed by atoms with Crippen molar-refractivity contribution < 1.29 is 18.3 Å². The minimum Gasteiger partial charge on any atom is -0.480 e. The fraction of sp³-hybridized carbons (Fsp3) is 0.250. The maximum absolute atomic E-state index is 12.1. The molecule has 0 saturated heterocycles. The van der Waals surface area contributed by atoms with Gasteiger partial charge in [0.2, 0.25) is 10.0 Å². The number of aliphatic carboxylic acids is 1. The molecule has 18 heavy (non-hydrogen) atoms. The third kappa shape index (κ3) is 2.70. The van der Waals surface area contributed by atoms with Crippen LogP contribution in [0.4, 0.5) is 0 Å². The molecule has 0 radical (unpaired) electrons. The van der Waals surface area contributed by atoms with Crippen LogP contribution in [-0.2, 0) is 14.8 Å². The molecule has 0 aromatic heterocycles. The maximum atomic E-state index is 12.1. The predicted octanol–water partition coefficient (Wildman–Crippen LogP) is 0.761. The number of carbonyl (C=O) groups is 1. The zero-order valence-corrected chi connectivity index (χ0v) is 10.8. The molecular weight excluding hydrogens is 254 g/mol. The summed E-state index contributed by atoms with van der Waals surface area (Å²) in [4.78, 5) is 10.8. The van der Waals surface area contributed by atoms with Crippen LogP contribution in [0.15, 0.2) is 29.2 Å². The van der Waals surface area contributed by atoms with Crippen molar-refractivity contribution in [2.45, 2.75) is 17.9 Å². The molecule has 96 valence electrons. The molecule has 5 nitrogen and oxygen atoms in total. The van der Waals surface area contributed by atoms with E-state index < -0.39 is 22.0 Å². The van der Waals surface area contributed by atoms with Crippen LogP contribution in [-0.4, -0.2) is 36.9 Å². The maximum Gasteiger partial charge on any atom is 0.321 e. The zero-order chi connectivity index (χ0) is 13.9. The number of rotatable bonds is 4. The van der Waals surface area contributed by atoms with Gasteiger partial charge in [-0.05, 0) is 31.2 Å². The number of likely N-dealkylation sites (N-methyl/N-ethyl adjacent to an activating group) is 1. The summed E-state index contributed by atoms with van der Waals surface area (Å²) in [6.07, 6.45) is 5.17. The molecule has 1 N–H and O–H groups in total. The Bertz CT molecular complexity index is 583. The Hall–Kier alpha value is -1.84. The number of hydrogen-bond acceptors (Lipinski definition) is 3. The van der Waals surface area contributed by atoms with E-state index in [1.807, 2.05) is 0 Å². The van der Waals surface area contributed by atoms with Gasteiger partial charge in [0.15, 0.2) is 0 Å². The fourth-order valence-electron chi connectivity index (χ4n) is 1.25. The van der Waals surface area contributed by atoms with E-state index in [0.717, 1.165) is 4.31 Å². The monoisotopic (exact) mass is 267 g/mol. The number of hydrogen-bond donors (Lipinski definition) is 1. The molecule has 6 heteroatoms. The van der Waals surface area contributed by atoms with E-state index >= 15 is 0 Å². The Morgan fingerprint density at radius 2 is 1.89 bits per heavy atom. The molecule has 1 atom stereocenters. The van der Waals surface area contributed by atoms with Gasteiger partial charge in [-0.1, -0.05) is 5.92 Å². The quantitative estimate of drug-likeness (QED) is 0.817. The van der Waals surface area contributed by atoms with Crippen molar-refractivity contribution in [3.63, 3.8) is 0 Å². The average molecular weight is 267 g/mol. The van der Waals surface area contributed by atoms with Crippen molar-refractivity contribution >= 4 is 16.0 Å². The Morgan fingerprint density at radius 3 is 2.28 bits per heavy atom. The number of terminal acetylenes is 1. The molecule has 1 aromatic rings. The minimum atomic E-state index is -3.82. The highest BCUT2D eigenvalue weighted by atomic mass is 32.2. The highest BCUT2D eigenvalue weighted by Gasteiger charge is 2.29. The summed E-state index contributed by atoms with van der Waals surface area (Å²) in [5.74, 6) is 1.17. The first-order valence-corrected chi connectivity index (χ1v) is 6.52. The molecule has 0 aliphatic carbocycles. The van der Waals surface area contributed by atoms with E-state index in [4.69, 9.17) is 11.5 Å². The second-order valence-corrected chi connectivity index (χ2v) is 5.70. The van der Waals surface area contributed by atoms with Crippen molar-refractivity contribution in [1.82, 2.24) is 4.31 Å². The van der Waals surface area contributed by atoms with Crippen LogP contribution < -0.4 is 0 Å². The van der Waals surface area contributed by atoms with Crippen LogP contribution in [0.25, 0.3) is 0 Å². The highest BCUT2D eigenvalue weighted by molar-refractivity contribution is 7.89. The Labute approximate surface area is 106 Å². The number of carboxylic acid groups (broad SMARTS) is 1. The van der Waals surface area contributed by atoms with Gasteiger partial charge in [-0.3, -0.25) is 4.79 Å². The van der Waals surface area contributed by atoms with Crippen LogP contribution in [0, 0.1) is 12.3 Å². The molecule has 0 spiro atoms. The number of carboxylic acids is 1. The molecule has 0 fully saturated rings. The molecule has 0 amide bonds. The van der Waals surface area contributed by atoms with E-state index in [1.54, 1.807) is 0 Å². The Morgan fingerprint density at radius 1 is 1.39 bits per heavy atom. The molecule has 0 heterocycles. The Kier molecular flexibility index (Phi) is 4.11. The first-order chi connectivity index (χ1) is 8.30. The fourth-order valence-corrected chi connectivity index (χ4v) is 2.57. The first-order valence-electron chi connectivity index (χ1n) is 5.08. The minimum absolute atomic E-state index is 0.0112. The number of sulfonamides is 1. The van der Waals surface area contributed by atoms with Crippen molar-refractivity contribution in [2.24, 2.45) is 0 Å². The summed E-state index contributed by atoms with van der Waals surface area (Å²) in [6.45, 7) is 1.30. The summed E-state index contributed by atoms with van der Waals surface area (Å²) < 4.78 is 25.0. The highest BCUT2D eigenvalue weighted by Crippen LogP contribution is 2.17. The van der Waals surface area contributed by atoms with Crippen molar-refractivity contribution in [2.75, 3.05) is 7.05 Å². The lowest BCUT2D eigenvalue weighted by atomic mass is 10.2. The molecule has 1 rings (SSSR count). The molecule has 0 aliphatic heterocycles. The van der Waals surface area contributed by atoms with Gasteiger partial charge in [0.1, 0.15) is 6.04 Å². The summed E-state index contributed by atoms with van der Waals surface area (Å²) in [5, 5.41) is 8.81. The standard InChI is InChI=1S/C12H13NO4S/c1-4-10-5-7-11(8-6-10)18(16,17)13(3)9(2)12(14)15/h1,5-9H,2-3H3,(H,14,15)/t9-/m1/s1. The van der Waals surface area contributed by atoms with Gasteiger partial charge < -0.3 is 5.11 Å². The van der Waals surface area contributed by atoms with E-state index in [1.165, 1.54) is 38.2 Å². The van der Waals surface area contributed by atoms with Crippen molar-refractivity contribution in [1.29, 1.82) is 0 Å². The lowest BCUT2D eigenvalue weighted by molar-refractivity contribution is -0.140. The third-order valence-electron chi connectivity index (χ3n) is 2.60. The van der Waals surface area contributed by atoms with E-state index in [-0.39, 0.29) is 4.90 Å². The lowest BCUT2D eigenvalue weighted by Crippen LogP contribution is -2.40. The van der Waals surface area contributed by atoms with Gasteiger partial charge in [-0.25, -0.2) is 8.42 Å². The number of nitrogens with zero attached hydrogens (tertiary/aromatic N) is 1. The molecule has 0 bridgehead atoms. The number of benzene rings is 1. The molecule has 0 aliphatic rings. The largest absolute Gasteiger partial charge is 0.480 e. The molecular formula is C12H13NO4S. The van der Waals surface area contributed by atoms with Crippen LogP contribution in [0.3, 0.4) is 0 Å². The summed E-state index contributed by atoms with van der Waals surface area (Å²) in [5.41, 5.74) is 0.558. The summed E-state index contributed by atoms with van der Waals surface area (Å²) in [7, 11) is -2.60. The third-order valence-corrected chi connectivity index (χ3v) is 4.54. The lowest BCUT2D eigenvalue weighted by Gasteiger charge is -2.20. The van der Waals surface area contributed by atoms with E-state index in [2.05, 4.69) is 5.92 Å². The van der Waals surface area contributed by atoms with E-state index in [9.17, 15) is 13.2 Å². The summed E-state index contributed by atoms with van der Waals surface area (Å²) in [6, 6.07) is 4.56. The molecule has 1 aromatic carbocycles. The van der Waals surface area contributed by atoms with Gasteiger partial charge in [0.25, 0.3) is 0 Å². The SMILES string of the molecule is C#Cc1ccc(S(=O)(=O)N(C)[C@H](C)C(=O)O)cc1. The molecule has 0 unspecified atom stereocenters. The summed E-state index contributed by atoms with van der Waals surface area (Å²) >= 11 is 0. The predicted molar refractivity (Wildman–Crippen MR) is 66.4 cm³/mol. The van der Waals surface area contributed by atoms with E-state index in [0.29, 0.717) is 5.56 Å². The topological polar surface area (TPSA) is 74.7 Å². The molecule has 0 saturated carbocycles. The van der Waals surface area contributed by atoms with Crippen molar-refractivity contribution in [3.05, 3.63) is 29.8 Å². The van der Waals surface area contributed by atoms with Gasteiger partial charge in [0, 0.05) is 12.6 Å². The van der Waals surface area contributed by atoms with Gasteiger partial charge in [0.05, 0.1) is 4.90 Å².